The Kier molecular flexibility index (Phi) is 3.88. The van der Waals surface area contributed by atoms with Crippen LogP contribution in [-0.4, -0.2) is 0 Å². The third kappa shape index (κ3) is 2.50. The monoisotopic (exact) mass is 384 g/mol. The van der Waals surface area contributed by atoms with Crippen molar-refractivity contribution in [3.05, 3.63) is 63.2 Å². The number of rotatable bonds is 2. The molecule has 2 aromatic carbocycles. The lowest BCUT2D eigenvalue weighted by Gasteiger charge is -2.31. The quantitative estimate of drug-likeness (QED) is 0.425. The van der Waals surface area contributed by atoms with Gasteiger partial charge >= 0.3 is 0 Å². The largest absolute Gasteiger partial charge is 0.0625 e. The van der Waals surface area contributed by atoms with Crippen LogP contribution in [0, 0.1) is 17.8 Å². The summed E-state index contributed by atoms with van der Waals surface area (Å²) in [7, 11) is 0. The first-order chi connectivity index (χ1) is 13.5. The zero-order valence-electron chi connectivity index (χ0n) is 19.5. The van der Waals surface area contributed by atoms with Gasteiger partial charge in [-0.2, -0.15) is 0 Å². The predicted octanol–water partition coefficient (Wildman–Crippen LogP) is 7.69. The fourth-order valence-electron chi connectivity index (χ4n) is 6.94. The molecule has 2 aromatic rings. The van der Waals surface area contributed by atoms with E-state index < -0.39 is 0 Å². The summed E-state index contributed by atoms with van der Waals surface area (Å²) >= 11 is 0. The van der Waals surface area contributed by atoms with Crippen molar-refractivity contribution >= 4 is 6.08 Å². The second kappa shape index (κ2) is 5.87. The van der Waals surface area contributed by atoms with Gasteiger partial charge in [0.1, 0.15) is 0 Å². The lowest BCUT2D eigenvalue weighted by molar-refractivity contribution is 0.265. The molecule has 1 atom stereocenters. The molecule has 0 nitrogen and oxygen atoms in total. The summed E-state index contributed by atoms with van der Waals surface area (Å²) in [4.78, 5) is 0. The summed E-state index contributed by atoms with van der Waals surface area (Å²) in [6.45, 7) is 19.2. The minimum Gasteiger partial charge on any atom is -0.0625 e. The maximum absolute atomic E-state index is 2.57. The molecule has 5 rings (SSSR count). The standard InChI is InChI=1S/C29H36/c1-16(2)24-12-20-10-18-9-19-11-21-13-25(17(3)4)29(7,8)27(21)15-23(19)22(18)14-26(20)28(24,5)6/h10-12,14-17,25H,9,13H2,1-8H3. The van der Waals surface area contributed by atoms with Crippen molar-refractivity contribution in [1.29, 1.82) is 0 Å². The number of allylic oxidation sites excluding steroid dienone is 1. The molecule has 3 aliphatic rings. The van der Waals surface area contributed by atoms with Crippen molar-refractivity contribution in [1.82, 2.24) is 0 Å². The van der Waals surface area contributed by atoms with Crippen LogP contribution < -0.4 is 0 Å². The van der Waals surface area contributed by atoms with Crippen molar-refractivity contribution in [3.63, 3.8) is 0 Å². The van der Waals surface area contributed by atoms with Crippen LogP contribution in [0.1, 0.15) is 88.8 Å². The lowest BCUT2D eigenvalue weighted by Crippen LogP contribution is -2.28. The average molecular weight is 385 g/mol. The normalized spacial score (nSPS) is 22.6. The molecule has 0 heterocycles. The van der Waals surface area contributed by atoms with Crippen molar-refractivity contribution in [2.24, 2.45) is 17.8 Å². The van der Waals surface area contributed by atoms with Crippen molar-refractivity contribution in [2.45, 2.75) is 79.1 Å². The maximum Gasteiger partial charge on any atom is 0.0117 e. The highest BCUT2D eigenvalue weighted by atomic mass is 14.5. The van der Waals surface area contributed by atoms with Gasteiger partial charge in [-0.15, -0.1) is 0 Å². The van der Waals surface area contributed by atoms with Gasteiger partial charge in [0.15, 0.2) is 0 Å². The van der Waals surface area contributed by atoms with Crippen LogP contribution in [0.2, 0.25) is 0 Å². The van der Waals surface area contributed by atoms with Crippen LogP contribution in [0.5, 0.6) is 0 Å². The number of hydrogen-bond acceptors (Lipinski definition) is 0. The Balaban J connectivity index is 1.63. The molecule has 0 amide bonds. The average Bonchev–Trinajstić information content (AvgIpc) is 3.19. The van der Waals surface area contributed by atoms with Gasteiger partial charge in [0.2, 0.25) is 0 Å². The molecule has 0 N–H and O–H groups in total. The summed E-state index contributed by atoms with van der Waals surface area (Å²) < 4.78 is 0. The summed E-state index contributed by atoms with van der Waals surface area (Å²) in [5.41, 5.74) is 14.2. The SMILES string of the molecule is CC(C)C1=Cc2cc3c(cc2C1(C)C)-c1cc2c(cc1C3)CC(C(C)C)C2(C)C. The Morgan fingerprint density at radius 2 is 1.41 bits per heavy atom. The van der Waals surface area contributed by atoms with Gasteiger partial charge in [-0.1, -0.05) is 85.2 Å². The molecular weight excluding hydrogens is 348 g/mol. The smallest absolute Gasteiger partial charge is 0.0117 e. The second-order valence-corrected chi connectivity index (χ2v) is 11.6. The summed E-state index contributed by atoms with van der Waals surface area (Å²) in [5, 5.41) is 0. The highest BCUT2D eigenvalue weighted by Crippen LogP contribution is 2.52. The van der Waals surface area contributed by atoms with E-state index in [-0.39, 0.29) is 10.8 Å². The first-order valence-corrected chi connectivity index (χ1v) is 11.6. The fourth-order valence-corrected chi connectivity index (χ4v) is 6.94. The Labute approximate surface area is 177 Å². The van der Waals surface area contributed by atoms with Crippen molar-refractivity contribution in [2.75, 3.05) is 0 Å². The minimum atomic E-state index is 0.139. The first-order valence-electron chi connectivity index (χ1n) is 11.6. The summed E-state index contributed by atoms with van der Waals surface area (Å²) in [5.74, 6) is 2.07. The molecule has 3 aliphatic carbocycles. The number of hydrogen-bond donors (Lipinski definition) is 0. The maximum atomic E-state index is 2.57. The van der Waals surface area contributed by atoms with Crippen LogP contribution >= 0.6 is 0 Å². The molecule has 0 bridgehead atoms. The third-order valence-corrected chi connectivity index (χ3v) is 8.47. The molecule has 152 valence electrons. The van der Waals surface area contributed by atoms with Gasteiger partial charge in [0, 0.05) is 5.41 Å². The first kappa shape index (κ1) is 19.2. The van der Waals surface area contributed by atoms with E-state index >= 15 is 0 Å². The lowest BCUT2D eigenvalue weighted by atomic mass is 9.73. The molecule has 0 saturated heterocycles. The second-order valence-electron chi connectivity index (χ2n) is 11.6. The molecule has 0 spiro atoms. The Hall–Kier alpha value is -1.82. The van der Waals surface area contributed by atoms with E-state index in [0.29, 0.717) is 5.92 Å². The summed E-state index contributed by atoms with van der Waals surface area (Å²) in [6.07, 6.45) is 4.82. The van der Waals surface area contributed by atoms with Gasteiger partial charge in [0.05, 0.1) is 0 Å². The molecule has 0 heteroatoms. The molecule has 0 saturated carbocycles. The highest BCUT2D eigenvalue weighted by molar-refractivity contribution is 5.83. The highest BCUT2D eigenvalue weighted by Gasteiger charge is 2.42. The van der Waals surface area contributed by atoms with Crippen LogP contribution in [0.4, 0.5) is 0 Å². The Morgan fingerprint density at radius 3 is 2.03 bits per heavy atom. The fraction of sp³-hybridized carbons (Fsp3) is 0.517. The van der Waals surface area contributed by atoms with E-state index in [9.17, 15) is 0 Å². The molecule has 0 aromatic heterocycles. The van der Waals surface area contributed by atoms with Gasteiger partial charge in [-0.05, 0) is 86.6 Å². The van der Waals surface area contributed by atoms with E-state index in [2.05, 4.69) is 85.7 Å². The number of fused-ring (bicyclic) bond motifs is 5. The van der Waals surface area contributed by atoms with E-state index in [1.807, 2.05) is 0 Å². The van der Waals surface area contributed by atoms with Gasteiger partial charge < -0.3 is 0 Å². The molecule has 0 aliphatic heterocycles. The Morgan fingerprint density at radius 1 is 0.793 bits per heavy atom. The molecule has 1 unspecified atom stereocenters. The van der Waals surface area contributed by atoms with E-state index in [1.54, 1.807) is 22.3 Å². The van der Waals surface area contributed by atoms with Crippen molar-refractivity contribution < 1.29 is 0 Å². The minimum absolute atomic E-state index is 0.139. The van der Waals surface area contributed by atoms with E-state index in [0.717, 1.165) is 18.3 Å². The van der Waals surface area contributed by atoms with Gasteiger partial charge in [-0.25, -0.2) is 0 Å². The van der Waals surface area contributed by atoms with Gasteiger partial charge in [0.25, 0.3) is 0 Å². The third-order valence-electron chi connectivity index (χ3n) is 8.47. The molecule has 0 fully saturated rings. The van der Waals surface area contributed by atoms with E-state index in [1.165, 1.54) is 34.2 Å². The molecule has 29 heavy (non-hydrogen) atoms. The summed E-state index contributed by atoms with van der Waals surface area (Å²) in [6, 6.07) is 10.2. The van der Waals surface area contributed by atoms with Crippen LogP contribution in [0.25, 0.3) is 17.2 Å². The molecular formula is C29H36. The number of benzene rings is 2. The van der Waals surface area contributed by atoms with Gasteiger partial charge in [-0.3, -0.25) is 0 Å². The van der Waals surface area contributed by atoms with Crippen LogP contribution in [-0.2, 0) is 23.7 Å². The van der Waals surface area contributed by atoms with E-state index in [4.69, 9.17) is 0 Å². The molecule has 0 radical (unpaired) electrons. The zero-order chi connectivity index (χ0) is 20.9. The zero-order valence-corrected chi connectivity index (χ0v) is 19.5. The Bertz CT molecular complexity index is 1050. The predicted molar refractivity (Wildman–Crippen MR) is 126 cm³/mol. The van der Waals surface area contributed by atoms with Crippen LogP contribution in [0.3, 0.4) is 0 Å². The van der Waals surface area contributed by atoms with Crippen LogP contribution in [0.15, 0.2) is 29.8 Å². The van der Waals surface area contributed by atoms with Crippen molar-refractivity contribution in [3.8, 4) is 11.1 Å². The topological polar surface area (TPSA) is 0 Å².